The van der Waals surface area contributed by atoms with E-state index in [1.54, 1.807) is 11.8 Å². The second-order valence-corrected chi connectivity index (χ2v) is 2.78. The zero-order valence-corrected chi connectivity index (χ0v) is 5.74. The van der Waals surface area contributed by atoms with Crippen LogP contribution in [0.15, 0.2) is 16.5 Å². The Morgan fingerprint density at radius 2 is 2.62 bits per heavy atom. The zero-order valence-electron chi connectivity index (χ0n) is 4.92. The molecule has 0 aromatic carbocycles. The second-order valence-electron chi connectivity index (χ2n) is 1.68. The lowest BCUT2D eigenvalue weighted by Gasteiger charge is -1.86. The van der Waals surface area contributed by atoms with Crippen molar-refractivity contribution in [3.63, 3.8) is 0 Å². The third-order valence-electron chi connectivity index (χ3n) is 0.965. The molecule has 0 aromatic rings. The summed E-state index contributed by atoms with van der Waals surface area (Å²) in [6, 6.07) is 0. The third kappa shape index (κ3) is 1.70. The quantitative estimate of drug-likeness (QED) is 0.485. The van der Waals surface area contributed by atoms with Crippen LogP contribution in [-0.4, -0.2) is 11.6 Å². The molecule has 0 aliphatic carbocycles. The van der Waals surface area contributed by atoms with Crippen molar-refractivity contribution in [2.24, 2.45) is 4.99 Å². The summed E-state index contributed by atoms with van der Waals surface area (Å²) in [5, 5.41) is 3.28. The van der Waals surface area contributed by atoms with Gasteiger partial charge in [-0.15, -0.1) is 0 Å². The Morgan fingerprint density at radius 3 is 3.50 bits per heavy atom. The Bertz CT molecular complexity index is 126. The predicted molar refractivity (Wildman–Crippen MR) is 39.3 cm³/mol. The highest BCUT2D eigenvalue weighted by molar-refractivity contribution is 8.16. The summed E-state index contributed by atoms with van der Waals surface area (Å²) < 4.78 is 0. The van der Waals surface area contributed by atoms with Crippen molar-refractivity contribution in [1.29, 1.82) is 0 Å². The van der Waals surface area contributed by atoms with Crippen molar-refractivity contribution >= 4 is 16.8 Å². The molecule has 0 fully saturated rings. The number of thioether (sulfide) groups is 1. The summed E-state index contributed by atoms with van der Waals surface area (Å²) in [5.41, 5.74) is 0. The van der Waals surface area contributed by atoms with Gasteiger partial charge in [-0.3, -0.25) is 4.99 Å². The zero-order chi connectivity index (χ0) is 5.82. The van der Waals surface area contributed by atoms with Crippen LogP contribution >= 0.6 is 11.8 Å². The predicted octanol–water partition coefficient (Wildman–Crippen LogP) is 2.06. The van der Waals surface area contributed by atoms with Crippen LogP contribution in [0.4, 0.5) is 0 Å². The van der Waals surface area contributed by atoms with Gasteiger partial charge in [-0.05, 0) is 18.8 Å². The maximum Gasteiger partial charge on any atom is 0.0686 e. The molecule has 1 aliphatic heterocycles. The van der Waals surface area contributed by atoms with Crippen LogP contribution in [-0.2, 0) is 0 Å². The Labute approximate surface area is 53.9 Å². The molecule has 1 aliphatic rings. The van der Waals surface area contributed by atoms with E-state index in [2.05, 4.69) is 16.5 Å². The molecular weight excluding hydrogens is 118 g/mol. The Morgan fingerprint density at radius 1 is 1.75 bits per heavy atom. The molecule has 0 atom stereocenters. The van der Waals surface area contributed by atoms with Crippen molar-refractivity contribution in [2.45, 2.75) is 13.3 Å². The van der Waals surface area contributed by atoms with Gasteiger partial charge in [0.15, 0.2) is 0 Å². The minimum absolute atomic E-state index is 0.968. The minimum Gasteiger partial charge on any atom is -0.283 e. The van der Waals surface area contributed by atoms with Gasteiger partial charge in [-0.25, -0.2) is 0 Å². The lowest BCUT2D eigenvalue weighted by Crippen LogP contribution is -1.80. The topological polar surface area (TPSA) is 12.4 Å². The van der Waals surface area contributed by atoms with Gasteiger partial charge >= 0.3 is 0 Å². The smallest absolute Gasteiger partial charge is 0.0686 e. The molecule has 0 aromatic heterocycles. The van der Waals surface area contributed by atoms with Gasteiger partial charge < -0.3 is 0 Å². The number of nitrogens with zero attached hydrogens (tertiary/aromatic N) is 1. The third-order valence-corrected chi connectivity index (χ3v) is 1.76. The summed E-state index contributed by atoms with van der Waals surface area (Å²) in [5.74, 6) is 0. The highest BCUT2D eigenvalue weighted by atomic mass is 32.2. The van der Waals surface area contributed by atoms with Crippen molar-refractivity contribution in [1.82, 2.24) is 0 Å². The standard InChI is InChI=1S/C6H9NS/c1-6-7-4-2-3-5-8-6/h3,5H,2,4H2,1H3. The lowest BCUT2D eigenvalue weighted by atomic mass is 10.4. The van der Waals surface area contributed by atoms with E-state index < -0.39 is 0 Å². The Balaban J connectivity index is 2.51. The maximum atomic E-state index is 4.24. The molecule has 8 heavy (non-hydrogen) atoms. The van der Waals surface area contributed by atoms with Crippen LogP contribution in [0, 0.1) is 0 Å². The normalized spacial score (nSPS) is 19.9. The van der Waals surface area contributed by atoms with Gasteiger partial charge in [0.1, 0.15) is 0 Å². The van der Waals surface area contributed by atoms with E-state index in [-0.39, 0.29) is 0 Å². The molecule has 1 nitrogen and oxygen atoms in total. The fourth-order valence-corrected chi connectivity index (χ4v) is 1.14. The van der Waals surface area contributed by atoms with Crippen LogP contribution in [0.1, 0.15) is 13.3 Å². The van der Waals surface area contributed by atoms with Gasteiger partial charge in [0.05, 0.1) is 5.04 Å². The van der Waals surface area contributed by atoms with Gasteiger partial charge in [-0.2, -0.15) is 0 Å². The van der Waals surface area contributed by atoms with Crippen LogP contribution < -0.4 is 0 Å². The number of rotatable bonds is 0. The van der Waals surface area contributed by atoms with Gasteiger partial charge in [0.2, 0.25) is 0 Å². The molecule has 0 amide bonds. The molecule has 1 rings (SSSR count). The van der Waals surface area contributed by atoms with Gasteiger partial charge in [0.25, 0.3) is 0 Å². The second kappa shape index (κ2) is 2.92. The van der Waals surface area contributed by atoms with Crippen LogP contribution in [0.25, 0.3) is 0 Å². The molecule has 2 heteroatoms. The van der Waals surface area contributed by atoms with E-state index in [4.69, 9.17) is 0 Å². The summed E-state index contributed by atoms with van der Waals surface area (Å²) in [4.78, 5) is 4.24. The monoisotopic (exact) mass is 127 g/mol. The molecular formula is C6H9NS. The van der Waals surface area contributed by atoms with Crippen molar-refractivity contribution in [2.75, 3.05) is 6.54 Å². The average molecular weight is 127 g/mol. The van der Waals surface area contributed by atoms with E-state index >= 15 is 0 Å². The highest BCUT2D eigenvalue weighted by Gasteiger charge is 1.90. The van der Waals surface area contributed by atoms with Crippen LogP contribution in [0.2, 0.25) is 0 Å². The first kappa shape index (κ1) is 5.89. The lowest BCUT2D eigenvalue weighted by molar-refractivity contribution is 1.01. The van der Waals surface area contributed by atoms with E-state index in [0.29, 0.717) is 0 Å². The largest absolute Gasteiger partial charge is 0.283 e. The van der Waals surface area contributed by atoms with Gasteiger partial charge in [0, 0.05) is 6.54 Å². The van der Waals surface area contributed by atoms with E-state index in [1.807, 2.05) is 6.92 Å². The van der Waals surface area contributed by atoms with Crippen LogP contribution in [0.5, 0.6) is 0 Å². The number of hydrogen-bond acceptors (Lipinski definition) is 2. The fourth-order valence-electron chi connectivity index (χ4n) is 0.548. The molecule has 0 N–H and O–H groups in total. The first-order valence-corrected chi connectivity index (χ1v) is 3.60. The van der Waals surface area contributed by atoms with E-state index in [9.17, 15) is 0 Å². The molecule has 0 radical (unpaired) electrons. The summed E-state index contributed by atoms with van der Waals surface area (Å²) in [6.07, 6.45) is 3.26. The van der Waals surface area contributed by atoms with E-state index in [1.165, 1.54) is 5.04 Å². The summed E-state index contributed by atoms with van der Waals surface area (Å²) in [7, 11) is 0. The SMILES string of the molecule is CC1=NCCC=CS1. The fraction of sp³-hybridized carbons (Fsp3) is 0.500. The number of aliphatic imine (C=N–C) groups is 1. The average Bonchev–Trinajstić information content (AvgIpc) is 1.94. The first-order valence-electron chi connectivity index (χ1n) is 2.72. The molecule has 0 unspecified atom stereocenters. The summed E-state index contributed by atoms with van der Waals surface area (Å²) >= 11 is 1.71. The number of hydrogen-bond donors (Lipinski definition) is 0. The van der Waals surface area contributed by atoms with Crippen LogP contribution in [0.3, 0.4) is 0 Å². The summed E-state index contributed by atoms with van der Waals surface area (Å²) in [6.45, 7) is 3.01. The van der Waals surface area contributed by atoms with E-state index in [0.717, 1.165) is 13.0 Å². The molecule has 1 heterocycles. The van der Waals surface area contributed by atoms with Crippen molar-refractivity contribution < 1.29 is 0 Å². The molecule has 0 saturated carbocycles. The Hall–Kier alpha value is -0.240. The first-order chi connectivity index (χ1) is 3.89. The van der Waals surface area contributed by atoms with Crippen molar-refractivity contribution in [3.05, 3.63) is 11.5 Å². The molecule has 0 saturated heterocycles. The van der Waals surface area contributed by atoms with Crippen molar-refractivity contribution in [3.8, 4) is 0 Å². The Kier molecular flexibility index (Phi) is 2.15. The highest BCUT2D eigenvalue weighted by Crippen LogP contribution is 2.09. The molecule has 0 bridgehead atoms. The molecule has 44 valence electrons. The maximum absolute atomic E-state index is 4.24. The molecule has 0 spiro atoms. The van der Waals surface area contributed by atoms with Gasteiger partial charge in [-0.1, -0.05) is 17.8 Å². The minimum atomic E-state index is 0.968.